The monoisotopic (exact) mass is 542 g/mol. The van der Waals surface area contributed by atoms with E-state index in [0.29, 0.717) is 53.0 Å². The lowest BCUT2D eigenvalue weighted by atomic mass is 10.0. The second-order valence-electron chi connectivity index (χ2n) is 9.89. The van der Waals surface area contributed by atoms with Crippen LogP contribution in [0.3, 0.4) is 0 Å². The molecule has 5 heterocycles. The number of ether oxygens (including phenoxy) is 1. The largest absolute Gasteiger partial charge is 0.465 e. The number of nitrogens with one attached hydrogen (secondary N) is 1. The number of alkyl halides is 1. The van der Waals surface area contributed by atoms with Crippen molar-refractivity contribution in [1.29, 1.82) is 0 Å². The van der Waals surface area contributed by atoms with Crippen molar-refractivity contribution in [2.75, 3.05) is 24.6 Å². The number of aryl methyl sites for hydroxylation is 2. The third-order valence-electron chi connectivity index (χ3n) is 7.25. The minimum absolute atomic E-state index is 0.0103. The summed E-state index contributed by atoms with van der Waals surface area (Å²) < 4.78 is 24.4. The molecule has 3 atom stereocenters. The van der Waals surface area contributed by atoms with Crippen LogP contribution < -0.4 is 10.2 Å². The van der Waals surface area contributed by atoms with Crippen LogP contribution in [0.25, 0.3) is 33.3 Å². The quantitative estimate of drug-likeness (QED) is 0.393. The Balaban J connectivity index is 1.46. The molecule has 0 bridgehead atoms. The molecule has 6 rings (SSSR count). The summed E-state index contributed by atoms with van der Waals surface area (Å²) in [5.41, 5.74) is 3.85. The maximum atomic E-state index is 14.9. The van der Waals surface area contributed by atoms with Crippen LogP contribution in [0.5, 0.6) is 0 Å². The van der Waals surface area contributed by atoms with Crippen molar-refractivity contribution < 1.29 is 19.0 Å². The maximum Gasteiger partial charge on any atom is 0.404 e. The smallest absolute Gasteiger partial charge is 0.404 e. The zero-order chi connectivity index (χ0) is 26.6. The molecule has 0 spiro atoms. The Kier molecular flexibility index (Phi) is 6.31. The minimum Gasteiger partial charge on any atom is -0.465 e. The van der Waals surface area contributed by atoms with E-state index in [1.54, 1.807) is 9.36 Å². The Morgan fingerprint density at radius 1 is 1.24 bits per heavy atom. The van der Waals surface area contributed by atoms with Gasteiger partial charge in [0.15, 0.2) is 17.7 Å². The highest BCUT2D eigenvalue weighted by molar-refractivity contribution is 6.38. The Morgan fingerprint density at radius 3 is 2.82 bits per heavy atom. The standard InChI is InChI=1S/C25H28ClFN8O3/c1-13-23(34-9-8-18(16(27)12-34)29-25(36)37)30-24-22(28-13)21(32-35(24)19-5-3-4-10-38-19)14-6-7-17-15(20(14)26)11-33(2)31-17/h6-7,11,16,18-19,29H,3-5,8-10,12H2,1-2H3,(H,36,37)/t16-,18+,19?/m1/s1. The predicted molar refractivity (Wildman–Crippen MR) is 140 cm³/mol. The number of benzene rings is 1. The van der Waals surface area contributed by atoms with Gasteiger partial charge < -0.3 is 20.1 Å². The molecule has 2 aliphatic rings. The van der Waals surface area contributed by atoms with Crippen LogP contribution in [0.4, 0.5) is 15.0 Å². The summed E-state index contributed by atoms with van der Waals surface area (Å²) in [5.74, 6) is 0.547. The Labute approximate surface area is 222 Å². The van der Waals surface area contributed by atoms with E-state index in [1.165, 1.54) is 0 Å². The number of nitrogens with zero attached hydrogens (tertiary/aromatic N) is 7. The highest BCUT2D eigenvalue weighted by Crippen LogP contribution is 2.38. The van der Waals surface area contributed by atoms with E-state index in [4.69, 9.17) is 36.5 Å². The first-order valence-electron chi connectivity index (χ1n) is 12.7. The van der Waals surface area contributed by atoms with Crippen molar-refractivity contribution in [2.24, 2.45) is 7.05 Å². The molecule has 0 radical (unpaired) electrons. The second-order valence-corrected chi connectivity index (χ2v) is 10.3. The lowest BCUT2D eigenvalue weighted by Gasteiger charge is -2.35. The maximum absolute atomic E-state index is 14.9. The number of carboxylic acid groups (broad SMARTS) is 1. The van der Waals surface area contributed by atoms with Gasteiger partial charge in [-0.15, -0.1) is 0 Å². The molecule has 1 aromatic carbocycles. The lowest BCUT2D eigenvalue weighted by molar-refractivity contribution is -0.0368. The molecule has 4 aromatic rings. The number of halogens is 2. The van der Waals surface area contributed by atoms with Crippen LogP contribution in [0.15, 0.2) is 18.3 Å². The average Bonchev–Trinajstić information content (AvgIpc) is 3.45. The highest BCUT2D eigenvalue weighted by Gasteiger charge is 2.33. The van der Waals surface area contributed by atoms with Crippen LogP contribution in [0.2, 0.25) is 5.02 Å². The van der Waals surface area contributed by atoms with E-state index in [2.05, 4.69) is 10.4 Å². The van der Waals surface area contributed by atoms with Crippen molar-refractivity contribution in [2.45, 2.75) is 51.0 Å². The van der Waals surface area contributed by atoms with Crippen LogP contribution in [-0.2, 0) is 11.8 Å². The first kappa shape index (κ1) is 24.8. The molecule has 0 aliphatic carbocycles. The summed E-state index contributed by atoms with van der Waals surface area (Å²) in [6.07, 6.45) is 2.07. The number of fused-ring (bicyclic) bond motifs is 2. The zero-order valence-electron chi connectivity index (χ0n) is 21.1. The molecule has 2 fully saturated rings. The molecule has 2 N–H and O–H groups in total. The average molecular weight is 543 g/mol. The Hall–Kier alpha value is -3.51. The number of hydrogen-bond donors (Lipinski definition) is 2. The van der Waals surface area contributed by atoms with E-state index in [-0.39, 0.29) is 12.8 Å². The van der Waals surface area contributed by atoms with Crippen molar-refractivity contribution in [3.63, 3.8) is 0 Å². The van der Waals surface area contributed by atoms with Crippen molar-refractivity contribution in [1.82, 2.24) is 34.8 Å². The highest BCUT2D eigenvalue weighted by atomic mass is 35.5. The van der Waals surface area contributed by atoms with Crippen molar-refractivity contribution in [3.8, 4) is 11.3 Å². The minimum atomic E-state index is -1.37. The summed E-state index contributed by atoms with van der Waals surface area (Å²) in [5, 5.41) is 22.0. The Morgan fingerprint density at radius 2 is 2.08 bits per heavy atom. The van der Waals surface area contributed by atoms with Gasteiger partial charge in [0.1, 0.15) is 17.4 Å². The first-order chi connectivity index (χ1) is 18.3. The molecule has 1 unspecified atom stereocenters. The number of aromatic nitrogens is 6. The third kappa shape index (κ3) is 4.31. The van der Waals surface area contributed by atoms with Crippen LogP contribution >= 0.6 is 11.6 Å². The van der Waals surface area contributed by atoms with Gasteiger partial charge in [-0.1, -0.05) is 11.6 Å². The molecule has 200 valence electrons. The summed E-state index contributed by atoms with van der Waals surface area (Å²) in [6.45, 7) is 2.91. The first-order valence-corrected chi connectivity index (χ1v) is 13.1. The molecule has 0 saturated carbocycles. The number of amides is 1. The summed E-state index contributed by atoms with van der Waals surface area (Å²) in [4.78, 5) is 22.7. The van der Waals surface area contributed by atoms with Gasteiger partial charge >= 0.3 is 6.09 Å². The van der Waals surface area contributed by atoms with Crippen LogP contribution in [0, 0.1) is 6.92 Å². The summed E-state index contributed by atoms with van der Waals surface area (Å²) >= 11 is 6.86. The zero-order valence-corrected chi connectivity index (χ0v) is 21.8. The van der Waals surface area contributed by atoms with Gasteiger partial charge in [0.05, 0.1) is 28.8 Å². The second kappa shape index (κ2) is 9.66. The van der Waals surface area contributed by atoms with Crippen LogP contribution in [0.1, 0.15) is 37.6 Å². The van der Waals surface area contributed by atoms with E-state index in [9.17, 15) is 9.18 Å². The van der Waals surface area contributed by atoms with E-state index in [0.717, 1.165) is 35.7 Å². The molecule has 2 aliphatic heterocycles. The predicted octanol–water partition coefficient (Wildman–Crippen LogP) is 4.23. The molecule has 11 nitrogen and oxygen atoms in total. The van der Waals surface area contributed by atoms with Gasteiger partial charge in [0.25, 0.3) is 0 Å². The fourth-order valence-corrected chi connectivity index (χ4v) is 5.70. The molecule has 3 aromatic heterocycles. The molecule has 38 heavy (non-hydrogen) atoms. The summed E-state index contributed by atoms with van der Waals surface area (Å²) in [6, 6.07) is 3.05. The molecular formula is C25H28ClFN8O3. The van der Waals surface area contributed by atoms with E-state index < -0.39 is 18.3 Å². The van der Waals surface area contributed by atoms with Gasteiger partial charge in [-0.05, 0) is 44.7 Å². The molecule has 13 heteroatoms. The number of rotatable bonds is 4. The van der Waals surface area contributed by atoms with Crippen LogP contribution in [-0.4, -0.2) is 72.6 Å². The molecule has 2 saturated heterocycles. The summed E-state index contributed by atoms with van der Waals surface area (Å²) in [7, 11) is 1.85. The molecular weight excluding hydrogens is 515 g/mol. The van der Waals surface area contributed by atoms with Crippen molar-refractivity contribution in [3.05, 3.63) is 29.0 Å². The fraction of sp³-hybridized carbons (Fsp3) is 0.480. The van der Waals surface area contributed by atoms with Gasteiger partial charge in [-0.25, -0.2) is 23.8 Å². The molecule has 1 amide bonds. The SMILES string of the molecule is Cc1nc2c(-c3ccc4nn(C)cc4c3Cl)nn(C3CCCCO3)c2nc1N1CC[C@H](NC(=O)O)[C@H](F)C1. The Bertz CT molecular complexity index is 1530. The number of piperidine rings is 1. The third-order valence-corrected chi connectivity index (χ3v) is 7.65. The van der Waals surface area contributed by atoms with Gasteiger partial charge in [0.2, 0.25) is 0 Å². The van der Waals surface area contributed by atoms with E-state index in [1.807, 2.05) is 37.2 Å². The number of hydrogen-bond acceptors (Lipinski definition) is 7. The topological polar surface area (TPSA) is 123 Å². The fourth-order valence-electron chi connectivity index (χ4n) is 5.40. The van der Waals surface area contributed by atoms with Gasteiger partial charge in [0, 0.05) is 37.3 Å². The van der Waals surface area contributed by atoms with E-state index >= 15 is 0 Å². The number of anilines is 1. The normalized spacial score (nSPS) is 22.3. The number of carbonyl (C=O) groups is 1. The lowest BCUT2D eigenvalue weighted by Crippen LogP contribution is -2.52. The van der Waals surface area contributed by atoms with Gasteiger partial charge in [-0.2, -0.15) is 10.2 Å². The van der Waals surface area contributed by atoms with Gasteiger partial charge in [-0.3, -0.25) is 4.68 Å². The van der Waals surface area contributed by atoms with Crippen molar-refractivity contribution >= 4 is 45.6 Å².